The van der Waals surface area contributed by atoms with Crippen LogP contribution in [0.15, 0.2) is 0 Å². The van der Waals surface area contributed by atoms with E-state index < -0.39 is 0 Å². The minimum atomic E-state index is 0.242. The van der Waals surface area contributed by atoms with Crippen molar-refractivity contribution in [3.63, 3.8) is 0 Å². The van der Waals surface area contributed by atoms with Crippen molar-refractivity contribution in [1.29, 1.82) is 0 Å². The van der Waals surface area contributed by atoms with Crippen molar-refractivity contribution in [2.45, 2.75) is 19.4 Å². The van der Waals surface area contributed by atoms with Crippen molar-refractivity contribution in [2.24, 2.45) is 0 Å². The summed E-state index contributed by atoms with van der Waals surface area (Å²) in [4.78, 5) is 15.7. The van der Waals surface area contributed by atoms with Crippen LogP contribution >= 0.6 is 0 Å². The minimum absolute atomic E-state index is 0.242. The van der Waals surface area contributed by atoms with Gasteiger partial charge in [0.15, 0.2) is 0 Å². The largest absolute Gasteiger partial charge is 0.338 e. The quantitative estimate of drug-likeness (QED) is 0.666. The molecule has 0 aliphatic carbocycles. The molecule has 0 spiro atoms. The minimum Gasteiger partial charge on any atom is -0.338 e. The average Bonchev–Trinajstić information content (AvgIpc) is 2.28. The Balaban J connectivity index is 2.50. The van der Waals surface area contributed by atoms with Crippen LogP contribution in [0.5, 0.6) is 0 Å². The second kappa shape index (κ2) is 5.32. The van der Waals surface area contributed by atoms with Crippen molar-refractivity contribution < 1.29 is 4.79 Å². The number of hydrogen-bond donors (Lipinski definition) is 1. The number of hydrogen-bond acceptors (Lipinski definition) is 3. The highest BCUT2D eigenvalue weighted by atomic mass is 16.2. The van der Waals surface area contributed by atoms with Crippen molar-refractivity contribution in [1.82, 2.24) is 15.1 Å². The van der Waals surface area contributed by atoms with E-state index in [9.17, 15) is 4.79 Å². The maximum atomic E-state index is 11.8. The highest BCUT2D eigenvalue weighted by Gasteiger charge is 2.21. The summed E-state index contributed by atoms with van der Waals surface area (Å²) < 4.78 is 0. The molecule has 1 saturated heterocycles. The fraction of sp³-hybridized carbons (Fsp3) is 0.900. The first-order chi connectivity index (χ1) is 6.61. The van der Waals surface area contributed by atoms with Crippen LogP contribution in [0.2, 0.25) is 0 Å². The first-order valence-corrected chi connectivity index (χ1v) is 5.26. The first-order valence-electron chi connectivity index (χ1n) is 5.26. The predicted molar refractivity (Wildman–Crippen MR) is 57.2 cm³/mol. The summed E-state index contributed by atoms with van der Waals surface area (Å²) in [5.74, 6) is 0.242. The number of amides is 1. The summed E-state index contributed by atoms with van der Waals surface area (Å²) in [6.07, 6.45) is 1.06. The van der Waals surface area contributed by atoms with Crippen molar-refractivity contribution >= 4 is 5.91 Å². The van der Waals surface area contributed by atoms with Gasteiger partial charge in [-0.1, -0.05) is 0 Å². The fourth-order valence-corrected chi connectivity index (χ4v) is 1.75. The number of likely N-dealkylation sites (N-methyl/N-ethyl adjacent to an activating group) is 1. The summed E-state index contributed by atoms with van der Waals surface area (Å²) in [7, 11) is 3.86. The van der Waals surface area contributed by atoms with Gasteiger partial charge in [0.05, 0.1) is 6.54 Å². The molecule has 1 rings (SSSR count). The summed E-state index contributed by atoms with van der Waals surface area (Å²) in [5.41, 5.74) is 0. The zero-order valence-corrected chi connectivity index (χ0v) is 9.42. The van der Waals surface area contributed by atoms with Gasteiger partial charge in [-0.25, -0.2) is 0 Å². The molecule has 1 aliphatic rings. The smallest absolute Gasteiger partial charge is 0.237 e. The third-order valence-electron chi connectivity index (χ3n) is 2.50. The Bertz CT molecular complexity index is 194. The standard InChI is InChI=1S/C10H21N3O/c1-9-7-11-5-4-6-13(9)10(14)8-12(2)3/h9,11H,4-8H2,1-3H3. The van der Waals surface area contributed by atoms with Gasteiger partial charge in [0.1, 0.15) is 0 Å². The Morgan fingerprint density at radius 3 is 2.93 bits per heavy atom. The van der Waals surface area contributed by atoms with Crippen molar-refractivity contribution in [3.8, 4) is 0 Å². The molecule has 1 unspecified atom stereocenters. The number of carbonyl (C=O) groups excluding carboxylic acids is 1. The van der Waals surface area contributed by atoms with Crippen LogP contribution in [0.25, 0.3) is 0 Å². The van der Waals surface area contributed by atoms with E-state index >= 15 is 0 Å². The maximum absolute atomic E-state index is 11.8. The zero-order chi connectivity index (χ0) is 10.6. The van der Waals surface area contributed by atoms with Crippen LogP contribution in [0.1, 0.15) is 13.3 Å². The topological polar surface area (TPSA) is 35.6 Å². The van der Waals surface area contributed by atoms with Crippen LogP contribution in [0, 0.1) is 0 Å². The lowest BCUT2D eigenvalue weighted by molar-refractivity contribution is -0.133. The van der Waals surface area contributed by atoms with E-state index in [-0.39, 0.29) is 5.91 Å². The van der Waals surface area contributed by atoms with Gasteiger partial charge in [0.25, 0.3) is 0 Å². The average molecular weight is 199 g/mol. The van der Waals surface area contributed by atoms with Gasteiger partial charge in [0.2, 0.25) is 5.91 Å². The molecule has 14 heavy (non-hydrogen) atoms. The Morgan fingerprint density at radius 2 is 2.29 bits per heavy atom. The van der Waals surface area contributed by atoms with Crippen molar-refractivity contribution in [3.05, 3.63) is 0 Å². The molecule has 0 bridgehead atoms. The number of rotatable bonds is 2. The lowest BCUT2D eigenvalue weighted by Gasteiger charge is -2.28. The van der Waals surface area contributed by atoms with Gasteiger partial charge >= 0.3 is 0 Å². The number of nitrogens with one attached hydrogen (secondary N) is 1. The molecule has 4 heteroatoms. The second-order valence-electron chi connectivity index (χ2n) is 4.23. The maximum Gasteiger partial charge on any atom is 0.237 e. The van der Waals surface area contributed by atoms with Crippen LogP contribution in [0.3, 0.4) is 0 Å². The van der Waals surface area contributed by atoms with Gasteiger partial charge in [-0.05, 0) is 34.0 Å². The molecule has 1 N–H and O–H groups in total. The lowest BCUT2D eigenvalue weighted by atomic mass is 10.2. The molecular weight excluding hydrogens is 178 g/mol. The summed E-state index contributed by atoms with van der Waals surface area (Å²) >= 11 is 0. The number of carbonyl (C=O) groups is 1. The number of nitrogens with zero attached hydrogens (tertiary/aromatic N) is 2. The molecule has 4 nitrogen and oxygen atoms in total. The van der Waals surface area contributed by atoms with E-state index in [1.54, 1.807) is 0 Å². The van der Waals surface area contributed by atoms with Crippen LogP contribution in [-0.2, 0) is 4.79 Å². The predicted octanol–water partition coefficient (Wildman–Crippen LogP) is -0.242. The van der Waals surface area contributed by atoms with Gasteiger partial charge in [-0.2, -0.15) is 0 Å². The molecule has 1 amide bonds. The zero-order valence-electron chi connectivity index (χ0n) is 9.42. The Kier molecular flexibility index (Phi) is 4.35. The van der Waals surface area contributed by atoms with Crippen molar-refractivity contribution in [2.75, 3.05) is 40.3 Å². The molecular formula is C10H21N3O. The van der Waals surface area contributed by atoms with E-state index in [4.69, 9.17) is 0 Å². The molecule has 1 aliphatic heterocycles. The molecule has 82 valence electrons. The monoisotopic (exact) mass is 199 g/mol. The van der Waals surface area contributed by atoms with E-state index in [0.29, 0.717) is 12.6 Å². The second-order valence-corrected chi connectivity index (χ2v) is 4.23. The first kappa shape index (κ1) is 11.5. The molecule has 0 aromatic heterocycles. The summed E-state index contributed by atoms with van der Waals surface area (Å²) in [6, 6.07) is 0.324. The Morgan fingerprint density at radius 1 is 1.57 bits per heavy atom. The highest BCUT2D eigenvalue weighted by Crippen LogP contribution is 2.04. The Labute approximate surface area is 86.2 Å². The van der Waals surface area contributed by atoms with Crippen LogP contribution in [-0.4, -0.2) is 62.0 Å². The highest BCUT2D eigenvalue weighted by molar-refractivity contribution is 5.78. The van der Waals surface area contributed by atoms with E-state index in [1.807, 2.05) is 23.9 Å². The normalized spacial score (nSPS) is 23.7. The molecule has 0 aromatic carbocycles. The van der Waals surface area contributed by atoms with E-state index in [2.05, 4.69) is 12.2 Å². The SMILES string of the molecule is CC1CNCCCN1C(=O)CN(C)C. The molecule has 1 atom stereocenters. The van der Waals surface area contributed by atoms with Gasteiger partial charge in [-0.3, -0.25) is 4.79 Å². The van der Waals surface area contributed by atoms with Gasteiger partial charge in [-0.15, -0.1) is 0 Å². The lowest BCUT2D eigenvalue weighted by Crippen LogP contribution is -2.45. The molecule has 0 radical (unpaired) electrons. The third kappa shape index (κ3) is 3.27. The Hall–Kier alpha value is -0.610. The summed E-state index contributed by atoms with van der Waals surface area (Å²) in [5, 5.41) is 3.33. The van der Waals surface area contributed by atoms with E-state index in [1.165, 1.54) is 0 Å². The fourth-order valence-electron chi connectivity index (χ4n) is 1.75. The molecule has 0 aromatic rings. The van der Waals surface area contributed by atoms with Crippen LogP contribution < -0.4 is 5.32 Å². The van der Waals surface area contributed by atoms with E-state index in [0.717, 1.165) is 26.1 Å². The summed E-state index contributed by atoms with van der Waals surface area (Å²) in [6.45, 7) is 5.45. The molecule has 1 fully saturated rings. The van der Waals surface area contributed by atoms with Crippen LogP contribution in [0.4, 0.5) is 0 Å². The molecule has 1 heterocycles. The van der Waals surface area contributed by atoms with Gasteiger partial charge < -0.3 is 15.1 Å². The third-order valence-corrected chi connectivity index (χ3v) is 2.50. The van der Waals surface area contributed by atoms with Gasteiger partial charge in [0, 0.05) is 19.1 Å². The molecule has 0 saturated carbocycles.